The van der Waals surface area contributed by atoms with Crippen LogP contribution in [0.4, 0.5) is 0 Å². The van der Waals surface area contributed by atoms with Gasteiger partial charge in [-0.2, -0.15) is 0 Å². The summed E-state index contributed by atoms with van der Waals surface area (Å²) in [6.07, 6.45) is 5.72. The summed E-state index contributed by atoms with van der Waals surface area (Å²) in [5.41, 5.74) is 5.33. The molecule has 2 saturated carbocycles. The first kappa shape index (κ1) is 10.4. The van der Waals surface area contributed by atoms with Gasteiger partial charge in [0.05, 0.1) is 5.60 Å². The van der Waals surface area contributed by atoms with Gasteiger partial charge in [0.1, 0.15) is 0 Å². The van der Waals surface area contributed by atoms with Crippen LogP contribution in [0.1, 0.15) is 46.0 Å². The molecule has 2 aliphatic carbocycles. The van der Waals surface area contributed by atoms with E-state index < -0.39 is 5.60 Å². The minimum atomic E-state index is -0.459. The number of hydrogen-bond acceptors (Lipinski definition) is 2. The minimum Gasteiger partial charge on any atom is -0.389 e. The van der Waals surface area contributed by atoms with E-state index in [-0.39, 0.29) is 5.41 Å². The third-order valence-electron chi connectivity index (χ3n) is 4.94. The van der Waals surface area contributed by atoms with E-state index in [2.05, 4.69) is 13.8 Å². The highest BCUT2D eigenvalue weighted by Crippen LogP contribution is 2.60. The van der Waals surface area contributed by atoms with Gasteiger partial charge in [0.2, 0.25) is 0 Å². The van der Waals surface area contributed by atoms with Crippen molar-refractivity contribution in [2.75, 3.05) is 6.54 Å². The van der Waals surface area contributed by atoms with E-state index in [4.69, 9.17) is 5.73 Å². The van der Waals surface area contributed by atoms with Crippen molar-refractivity contribution in [3.63, 3.8) is 0 Å². The van der Waals surface area contributed by atoms with E-state index in [1.54, 1.807) is 0 Å². The largest absolute Gasteiger partial charge is 0.389 e. The molecule has 2 nitrogen and oxygen atoms in total. The summed E-state index contributed by atoms with van der Waals surface area (Å²) in [5.74, 6) is 1.37. The molecule has 0 radical (unpaired) electrons. The van der Waals surface area contributed by atoms with Gasteiger partial charge >= 0.3 is 0 Å². The lowest BCUT2D eigenvalue weighted by molar-refractivity contribution is -0.111. The van der Waals surface area contributed by atoms with Crippen LogP contribution in [-0.2, 0) is 0 Å². The van der Waals surface area contributed by atoms with E-state index in [0.717, 1.165) is 18.8 Å². The molecule has 2 fully saturated rings. The summed E-state index contributed by atoms with van der Waals surface area (Å²) in [7, 11) is 0. The second-order valence-corrected chi connectivity index (χ2v) is 5.54. The van der Waals surface area contributed by atoms with Crippen LogP contribution >= 0.6 is 0 Å². The van der Waals surface area contributed by atoms with Crippen LogP contribution in [0, 0.1) is 17.3 Å². The van der Waals surface area contributed by atoms with Crippen molar-refractivity contribution in [3.8, 4) is 0 Å². The van der Waals surface area contributed by atoms with Crippen molar-refractivity contribution in [3.05, 3.63) is 0 Å². The zero-order chi connectivity index (χ0) is 10.4. The van der Waals surface area contributed by atoms with Gasteiger partial charge < -0.3 is 10.8 Å². The van der Waals surface area contributed by atoms with Gasteiger partial charge in [-0.15, -0.1) is 0 Å². The fourth-order valence-electron chi connectivity index (χ4n) is 3.35. The first-order valence-electron chi connectivity index (χ1n) is 6.00. The highest BCUT2D eigenvalue weighted by molar-refractivity contribution is 5.11. The molecule has 0 aromatic carbocycles. The first-order valence-corrected chi connectivity index (χ1v) is 6.00. The van der Waals surface area contributed by atoms with Crippen molar-refractivity contribution >= 4 is 0 Å². The summed E-state index contributed by atoms with van der Waals surface area (Å²) < 4.78 is 0. The molecule has 2 aliphatic rings. The summed E-state index contributed by atoms with van der Waals surface area (Å²) in [4.78, 5) is 0. The Bertz CT molecular complexity index is 224. The molecule has 0 amide bonds. The van der Waals surface area contributed by atoms with Gasteiger partial charge in [-0.05, 0) is 37.5 Å². The van der Waals surface area contributed by atoms with Crippen molar-refractivity contribution in [1.82, 2.24) is 0 Å². The van der Waals surface area contributed by atoms with E-state index in [9.17, 15) is 5.11 Å². The highest BCUT2D eigenvalue weighted by atomic mass is 16.3. The molecule has 0 aromatic heterocycles. The number of nitrogens with two attached hydrogens (primary N) is 1. The van der Waals surface area contributed by atoms with Crippen LogP contribution < -0.4 is 5.73 Å². The Kier molecular flexibility index (Phi) is 2.39. The van der Waals surface area contributed by atoms with Crippen LogP contribution in [0.25, 0.3) is 0 Å². The van der Waals surface area contributed by atoms with Crippen molar-refractivity contribution < 1.29 is 5.11 Å². The fraction of sp³-hybridized carbons (Fsp3) is 1.00. The van der Waals surface area contributed by atoms with E-state index >= 15 is 0 Å². The Labute approximate surface area is 86.9 Å². The Morgan fingerprint density at radius 2 is 2.29 bits per heavy atom. The van der Waals surface area contributed by atoms with Crippen LogP contribution in [0.2, 0.25) is 0 Å². The summed E-state index contributed by atoms with van der Waals surface area (Å²) in [5, 5.41) is 10.8. The maximum atomic E-state index is 10.8. The smallest absolute Gasteiger partial charge is 0.0743 e. The molecular weight excluding hydrogens is 174 g/mol. The molecule has 0 saturated heterocycles. The van der Waals surface area contributed by atoms with Gasteiger partial charge in [0.25, 0.3) is 0 Å². The molecule has 0 aromatic rings. The zero-order valence-electron chi connectivity index (χ0n) is 9.42. The third kappa shape index (κ3) is 1.24. The van der Waals surface area contributed by atoms with E-state index in [1.165, 1.54) is 19.3 Å². The van der Waals surface area contributed by atoms with Gasteiger partial charge in [-0.3, -0.25) is 0 Å². The van der Waals surface area contributed by atoms with Gasteiger partial charge in [-0.25, -0.2) is 0 Å². The van der Waals surface area contributed by atoms with Crippen LogP contribution in [0.3, 0.4) is 0 Å². The predicted octanol–water partition coefficient (Wildman–Crippen LogP) is 1.91. The van der Waals surface area contributed by atoms with E-state index in [1.807, 2.05) is 0 Å². The average Bonchev–Trinajstić information content (AvgIpc) is 2.97. The monoisotopic (exact) mass is 197 g/mol. The Balaban J connectivity index is 2.21. The molecule has 4 unspecified atom stereocenters. The minimum absolute atomic E-state index is 0.0627. The number of rotatable bonds is 3. The Morgan fingerprint density at radius 3 is 2.86 bits per heavy atom. The second-order valence-electron chi connectivity index (χ2n) is 5.54. The molecule has 4 atom stereocenters. The summed E-state index contributed by atoms with van der Waals surface area (Å²) in [6.45, 7) is 4.92. The Hall–Kier alpha value is -0.0800. The number of hydrogen-bond donors (Lipinski definition) is 2. The fourth-order valence-corrected chi connectivity index (χ4v) is 3.35. The van der Waals surface area contributed by atoms with E-state index in [0.29, 0.717) is 12.5 Å². The lowest BCUT2D eigenvalue weighted by atomic mass is 9.64. The lowest BCUT2D eigenvalue weighted by Crippen LogP contribution is -2.53. The SMILES string of the molecule is CCC(C)(CN)C1(O)CCCC2CC21. The highest BCUT2D eigenvalue weighted by Gasteiger charge is 2.60. The molecular formula is C12H23NO. The quantitative estimate of drug-likeness (QED) is 0.726. The topological polar surface area (TPSA) is 46.2 Å². The second kappa shape index (κ2) is 3.21. The molecule has 2 heteroatoms. The molecule has 82 valence electrons. The zero-order valence-corrected chi connectivity index (χ0v) is 9.42. The van der Waals surface area contributed by atoms with Crippen LogP contribution in [-0.4, -0.2) is 17.3 Å². The molecule has 0 bridgehead atoms. The van der Waals surface area contributed by atoms with Gasteiger partial charge in [0.15, 0.2) is 0 Å². The standard InChI is InChI=1S/C12H23NO/c1-3-11(2,8-13)12(14)6-4-5-9-7-10(9)12/h9-10,14H,3-8,13H2,1-2H3. The molecule has 0 spiro atoms. The molecule has 2 rings (SSSR count). The third-order valence-corrected chi connectivity index (χ3v) is 4.94. The van der Waals surface area contributed by atoms with Gasteiger partial charge in [0, 0.05) is 12.0 Å². The maximum absolute atomic E-state index is 10.8. The Morgan fingerprint density at radius 1 is 1.57 bits per heavy atom. The van der Waals surface area contributed by atoms with Crippen molar-refractivity contribution in [2.24, 2.45) is 23.0 Å². The van der Waals surface area contributed by atoms with Crippen molar-refractivity contribution in [2.45, 2.75) is 51.6 Å². The van der Waals surface area contributed by atoms with Gasteiger partial charge in [-0.1, -0.05) is 20.3 Å². The van der Waals surface area contributed by atoms with Crippen molar-refractivity contribution in [1.29, 1.82) is 0 Å². The predicted molar refractivity (Wildman–Crippen MR) is 57.9 cm³/mol. The number of aliphatic hydroxyl groups is 1. The summed E-state index contributed by atoms with van der Waals surface area (Å²) in [6, 6.07) is 0. The average molecular weight is 197 g/mol. The first-order chi connectivity index (χ1) is 6.57. The molecule has 3 N–H and O–H groups in total. The molecule has 0 heterocycles. The van der Waals surface area contributed by atoms with Crippen LogP contribution in [0.15, 0.2) is 0 Å². The lowest BCUT2D eigenvalue weighted by Gasteiger charge is -2.47. The number of fused-ring (bicyclic) bond motifs is 1. The molecule has 0 aliphatic heterocycles. The summed E-state index contributed by atoms with van der Waals surface area (Å²) >= 11 is 0. The maximum Gasteiger partial charge on any atom is 0.0743 e. The van der Waals surface area contributed by atoms with Crippen LogP contribution in [0.5, 0.6) is 0 Å². The normalized spacial score (nSPS) is 45.4. The molecule has 14 heavy (non-hydrogen) atoms.